The second-order valence-corrected chi connectivity index (χ2v) is 7.07. The highest BCUT2D eigenvalue weighted by Gasteiger charge is 2.41. The van der Waals surface area contributed by atoms with Gasteiger partial charge >= 0.3 is 11.9 Å². The average molecular weight is 451 g/mol. The number of anilines is 2. The van der Waals surface area contributed by atoms with Crippen molar-refractivity contribution in [2.45, 2.75) is 12.5 Å². The van der Waals surface area contributed by atoms with E-state index in [1.807, 2.05) is 0 Å². The first kappa shape index (κ1) is 21.6. The zero-order valence-electron chi connectivity index (χ0n) is 18.0. The zero-order chi connectivity index (χ0) is 23.6. The number of hydrogen-bond acceptors (Lipinski definition) is 10. The number of aromatic nitrogens is 4. The average Bonchev–Trinajstić information content (AvgIpc) is 3.52. The van der Waals surface area contributed by atoms with Gasteiger partial charge in [-0.15, -0.1) is 0 Å². The van der Waals surface area contributed by atoms with Crippen molar-refractivity contribution in [2.24, 2.45) is 0 Å². The van der Waals surface area contributed by atoms with Gasteiger partial charge in [0, 0.05) is 0 Å². The number of furan rings is 1. The van der Waals surface area contributed by atoms with E-state index in [9.17, 15) is 9.59 Å². The van der Waals surface area contributed by atoms with Crippen molar-refractivity contribution in [3.8, 4) is 5.75 Å². The number of carbonyl (C=O) groups excluding carboxylic acids is 2. The summed E-state index contributed by atoms with van der Waals surface area (Å²) in [5, 5.41) is 4.80. The number of methoxy groups -OCH3 is 2. The molecule has 1 atom stereocenters. The predicted octanol–water partition coefficient (Wildman–Crippen LogP) is 1.70. The van der Waals surface area contributed by atoms with E-state index in [1.165, 1.54) is 30.3 Å². The highest BCUT2D eigenvalue weighted by molar-refractivity contribution is 5.94. The van der Waals surface area contributed by atoms with Crippen molar-refractivity contribution in [3.63, 3.8) is 0 Å². The van der Waals surface area contributed by atoms with E-state index < -0.39 is 17.4 Å². The van der Waals surface area contributed by atoms with E-state index in [2.05, 4.69) is 25.9 Å². The third-order valence-electron chi connectivity index (χ3n) is 5.14. The van der Waals surface area contributed by atoms with Crippen LogP contribution < -0.4 is 21.3 Å². The Morgan fingerprint density at radius 2 is 1.91 bits per heavy atom. The minimum atomic E-state index is -1.39. The van der Waals surface area contributed by atoms with Gasteiger partial charge < -0.3 is 19.6 Å². The lowest BCUT2D eigenvalue weighted by Gasteiger charge is -2.28. The second-order valence-electron chi connectivity index (χ2n) is 7.07. The van der Waals surface area contributed by atoms with Crippen molar-refractivity contribution in [1.82, 2.24) is 25.2 Å². The number of rotatable bonds is 7. The zero-order valence-corrected chi connectivity index (χ0v) is 18.0. The number of ether oxygens (including phenoxy) is 2. The Bertz CT molecular complexity index is 1300. The third kappa shape index (κ3) is 3.78. The maximum Gasteiger partial charge on any atom is 0.338 e. The Balaban J connectivity index is 1.77. The maximum atomic E-state index is 13.0. The molecule has 4 aromatic rings. The van der Waals surface area contributed by atoms with Crippen molar-refractivity contribution < 1.29 is 23.5 Å². The summed E-state index contributed by atoms with van der Waals surface area (Å²) in [5.41, 5.74) is 10.5. The minimum absolute atomic E-state index is 0.0963. The minimum Gasteiger partial charge on any atom is -0.497 e. The molecular weight excluding hydrogens is 430 g/mol. The van der Waals surface area contributed by atoms with Crippen LogP contribution in [0.2, 0.25) is 0 Å². The number of nitrogens with one attached hydrogen (secondary N) is 2. The molecule has 0 spiro atoms. The molecule has 1 unspecified atom stereocenters. The molecule has 0 fully saturated rings. The van der Waals surface area contributed by atoms with Gasteiger partial charge in [0.15, 0.2) is 22.8 Å². The number of esters is 1. The van der Waals surface area contributed by atoms with E-state index in [0.717, 1.165) is 0 Å². The number of fused-ring (bicyclic) bond motifs is 1. The van der Waals surface area contributed by atoms with Crippen molar-refractivity contribution in [1.29, 1.82) is 0 Å². The van der Waals surface area contributed by atoms with Gasteiger partial charge in [-0.2, -0.15) is 15.1 Å². The number of hydrogen-bond donors (Lipinski definition) is 3. The summed E-state index contributed by atoms with van der Waals surface area (Å²) in [4.78, 5) is 33.6. The number of nitrogens with two attached hydrogens (primary N) is 1. The molecule has 0 aliphatic carbocycles. The molecule has 4 rings (SSSR count). The lowest BCUT2D eigenvalue weighted by atomic mass is 9.92. The number of benzene rings is 1. The highest BCUT2D eigenvalue weighted by Crippen LogP contribution is 2.33. The standard InChI is InChI=1S/C21H21N7O5/c1-21(19(30)32-3,12-6-8-13(31-2)9-7-12)28-17-14(11-23-28)16(24-20(22)25-17)26-27-18(29)15-5-4-10-33-15/h4-11H,1-3H3,(H,27,29)(H3,22,24,25,26). The first-order chi connectivity index (χ1) is 15.9. The molecular formula is C21H21N7O5. The van der Waals surface area contributed by atoms with Crippen LogP contribution in [0.1, 0.15) is 23.0 Å². The fourth-order valence-corrected chi connectivity index (χ4v) is 3.37. The number of amides is 1. The maximum absolute atomic E-state index is 13.0. The number of hydrazine groups is 1. The quantitative estimate of drug-likeness (QED) is 0.279. The van der Waals surface area contributed by atoms with Crippen LogP contribution >= 0.6 is 0 Å². The SMILES string of the molecule is COC(=O)C(C)(c1ccc(OC)cc1)n1ncc2c(NNC(=O)c3ccco3)nc(N)nc21. The first-order valence-electron chi connectivity index (χ1n) is 9.73. The number of carbonyl (C=O) groups is 2. The van der Waals surface area contributed by atoms with Crippen LogP contribution in [0.3, 0.4) is 0 Å². The molecule has 3 heterocycles. The van der Waals surface area contributed by atoms with Crippen LogP contribution in [0.4, 0.5) is 11.8 Å². The van der Waals surface area contributed by atoms with Crippen LogP contribution in [0.25, 0.3) is 11.0 Å². The topological polar surface area (TPSA) is 159 Å². The van der Waals surface area contributed by atoms with Gasteiger partial charge in [-0.1, -0.05) is 12.1 Å². The van der Waals surface area contributed by atoms with Crippen molar-refractivity contribution >= 4 is 34.7 Å². The van der Waals surface area contributed by atoms with Gasteiger partial charge in [0.05, 0.1) is 32.1 Å². The normalized spacial score (nSPS) is 12.7. The molecule has 0 aliphatic heterocycles. The lowest BCUT2D eigenvalue weighted by Crippen LogP contribution is -2.42. The van der Waals surface area contributed by atoms with Gasteiger partial charge in [0.25, 0.3) is 0 Å². The largest absolute Gasteiger partial charge is 0.497 e. The Kier molecular flexibility index (Phi) is 5.56. The smallest absolute Gasteiger partial charge is 0.338 e. The fourth-order valence-electron chi connectivity index (χ4n) is 3.37. The number of nitrogen functional groups attached to an aromatic ring is 1. The summed E-state index contributed by atoms with van der Waals surface area (Å²) in [6, 6.07) is 10.0. The van der Waals surface area contributed by atoms with E-state index >= 15 is 0 Å². The second kappa shape index (κ2) is 8.49. The fraction of sp³-hybridized carbons (Fsp3) is 0.190. The van der Waals surface area contributed by atoms with Gasteiger partial charge in [-0.25, -0.2) is 9.48 Å². The summed E-state index contributed by atoms with van der Waals surface area (Å²) in [6.07, 6.45) is 2.84. The summed E-state index contributed by atoms with van der Waals surface area (Å²) in [5.74, 6) is -0.270. The Labute approximate surface area is 187 Å². The molecule has 12 heteroatoms. The van der Waals surface area contributed by atoms with E-state index in [0.29, 0.717) is 16.7 Å². The first-order valence-corrected chi connectivity index (χ1v) is 9.73. The summed E-state index contributed by atoms with van der Waals surface area (Å²) in [7, 11) is 2.84. The molecule has 33 heavy (non-hydrogen) atoms. The monoisotopic (exact) mass is 451 g/mol. The Hall–Kier alpha value is -4.61. The van der Waals surface area contributed by atoms with Gasteiger partial charge in [0.2, 0.25) is 5.95 Å². The lowest BCUT2D eigenvalue weighted by molar-refractivity contribution is -0.148. The Morgan fingerprint density at radius 1 is 1.15 bits per heavy atom. The molecule has 1 amide bonds. The van der Waals surface area contributed by atoms with Crippen molar-refractivity contribution in [3.05, 3.63) is 60.2 Å². The molecule has 0 bridgehead atoms. The van der Waals surface area contributed by atoms with Crippen LogP contribution in [0, 0.1) is 0 Å². The third-order valence-corrected chi connectivity index (χ3v) is 5.14. The Morgan fingerprint density at radius 3 is 2.55 bits per heavy atom. The predicted molar refractivity (Wildman–Crippen MR) is 117 cm³/mol. The van der Waals surface area contributed by atoms with Crippen LogP contribution in [0.15, 0.2) is 53.3 Å². The number of nitrogens with zero attached hydrogens (tertiary/aromatic N) is 4. The van der Waals surface area contributed by atoms with Gasteiger partial charge in [-0.05, 0) is 36.8 Å². The summed E-state index contributed by atoms with van der Waals surface area (Å²) in [6.45, 7) is 1.65. The molecule has 0 aliphatic rings. The molecule has 12 nitrogen and oxygen atoms in total. The van der Waals surface area contributed by atoms with Crippen LogP contribution in [0.5, 0.6) is 5.75 Å². The molecule has 3 aromatic heterocycles. The molecule has 1 aromatic carbocycles. The van der Waals surface area contributed by atoms with Gasteiger partial charge in [-0.3, -0.25) is 15.6 Å². The summed E-state index contributed by atoms with van der Waals surface area (Å²) >= 11 is 0. The van der Waals surface area contributed by atoms with E-state index in [1.54, 1.807) is 44.4 Å². The molecule has 0 radical (unpaired) electrons. The highest BCUT2D eigenvalue weighted by atomic mass is 16.5. The molecule has 0 saturated carbocycles. The summed E-state index contributed by atoms with van der Waals surface area (Å²) < 4.78 is 16.8. The van der Waals surface area contributed by atoms with Crippen LogP contribution in [-0.4, -0.2) is 45.8 Å². The molecule has 0 saturated heterocycles. The van der Waals surface area contributed by atoms with Crippen molar-refractivity contribution in [2.75, 3.05) is 25.4 Å². The van der Waals surface area contributed by atoms with E-state index in [-0.39, 0.29) is 23.2 Å². The van der Waals surface area contributed by atoms with Gasteiger partial charge in [0.1, 0.15) is 5.75 Å². The van der Waals surface area contributed by atoms with E-state index in [4.69, 9.17) is 19.6 Å². The molecule has 4 N–H and O–H groups in total. The molecule has 170 valence electrons. The van der Waals surface area contributed by atoms with Crippen LogP contribution in [-0.2, 0) is 15.1 Å².